The summed E-state index contributed by atoms with van der Waals surface area (Å²) in [6.07, 6.45) is 7.14. The lowest BCUT2D eigenvalue weighted by Gasteiger charge is -2.28. The van der Waals surface area contributed by atoms with Gasteiger partial charge >= 0.3 is 0 Å². The minimum absolute atomic E-state index is 0.607. The van der Waals surface area contributed by atoms with Crippen LogP contribution in [-0.4, -0.2) is 6.43 Å². The molecule has 0 atom stereocenters. The van der Waals surface area contributed by atoms with E-state index in [9.17, 15) is 8.78 Å². The highest BCUT2D eigenvalue weighted by molar-refractivity contribution is 5.30. The Kier molecular flexibility index (Phi) is 6.21. The Morgan fingerprint density at radius 2 is 1.81 bits per heavy atom. The lowest BCUT2D eigenvalue weighted by molar-refractivity contribution is 0.201. The molecule has 0 unspecified atom stereocenters. The van der Waals surface area contributed by atoms with Gasteiger partial charge in [-0.1, -0.05) is 31.9 Å². The summed E-state index contributed by atoms with van der Waals surface area (Å²) in [7, 11) is 0. The maximum absolute atomic E-state index is 12.0. The van der Waals surface area contributed by atoms with Gasteiger partial charge in [-0.05, 0) is 55.2 Å². The molecule has 116 valence electrons. The van der Waals surface area contributed by atoms with Gasteiger partial charge in [0.25, 0.3) is 6.43 Å². The Morgan fingerprint density at radius 1 is 1.14 bits per heavy atom. The zero-order chi connectivity index (χ0) is 15.1. The van der Waals surface area contributed by atoms with E-state index in [1.165, 1.54) is 44.1 Å². The number of ether oxygens (including phenoxy) is 1. The molecule has 0 heterocycles. The number of rotatable bonds is 6. The van der Waals surface area contributed by atoms with Crippen LogP contribution < -0.4 is 4.74 Å². The van der Waals surface area contributed by atoms with Gasteiger partial charge in [-0.2, -0.15) is 0 Å². The average molecular weight is 294 g/mol. The largest absolute Gasteiger partial charge is 0.465 e. The van der Waals surface area contributed by atoms with E-state index < -0.39 is 6.43 Å². The molecule has 21 heavy (non-hydrogen) atoms. The predicted molar refractivity (Wildman–Crippen MR) is 81.8 cm³/mol. The third-order valence-corrected chi connectivity index (χ3v) is 4.32. The maximum Gasteiger partial charge on any atom is 0.260 e. The Labute approximate surface area is 126 Å². The summed E-state index contributed by atoms with van der Waals surface area (Å²) in [5, 5.41) is 0. The number of hydrogen-bond donors (Lipinski definition) is 0. The van der Waals surface area contributed by atoms with Crippen molar-refractivity contribution in [2.24, 2.45) is 5.92 Å². The van der Waals surface area contributed by atoms with Crippen LogP contribution >= 0.6 is 0 Å². The molecule has 1 aromatic carbocycles. The van der Waals surface area contributed by atoms with Crippen molar-refractivity contribution < 1.29 is 13.5 Å². The summed E-state index contributed by atoms with van der Waals surface area (Å²) in [4.78, 5) is 0. The summed E-state index contributed by atoms with van der Waals surface area (Å²) in [6, 6.07) is 7.86. The van der Waals surface area contributed by atoms with E-state index in [0.717, 1.165) is 18.3 Å². The van der Waals surface area contributed by atoms with Gasteiger partial charge in [0, 0.05) is 6.08 Å². The van der Waals surface area contributed by atoms with E-state index in [0.29, 0.717) is 11.7 Å². The normalized spacial score (nSPS) is 22.9. The van der Waals surface area contributed by atoms with Crippen LogP contribution in [0.3, 0.4) is 0 Å². The summed E-state index contributed by atoms with van der Waals surface area (Å²) in [6.45, 7) is 2.26. The van der Waals surface area contributed by atoms with Crippen molar-refractivity contribution in [2.75, 3.05) is 0 Å². The van der Waals surface area contributed by atoms with Crippen LogP contribution in [0.2, 0.25) is 0 Å². The van der Waals surface area contributed by atoms with Gasteiger partial charge in [0.1, 0.15) is 5.75 Å². The fourth-order valence-corrected chi connectivity index (χ4v) is 3.19. The molecule has 0 N–H and O–H groups in total. The molecule has 1 aromatic rings. The molecular weight excluding hydrogens is 270 g/mol. The van der Waals surface area contributed by atoms with Gasteiger partial charge in [-0.25, -0.2) is 8.78 Å². The van der Waals surface area contributed by atoms with Gasteiger partial charge in [0.15, 0.2) is 0 Å². The van der Waals surface area contributed by atoms with E-state index in [1.54, 1.807) is 0 Å². The summed E-state index contributed by atoms with van der Waals surface area (Å²) >= 11 is 0. The first-order valence-electron chi connectivity index (χ1n) is 7.90. The van der Waals surface area contributed by atoms with E-state index >= 15 is 0 Å². The third-order valence-electron chi connectivity index (χ3n) is 4.32. The second-order valence-electron chi connectivity index (χ2n) is 5.86. The predicted octanol–water partition coefficient (Wildman–Crippen LogP) is 5.92. The van der Waals surface area contributed by atoms with Crippen LogP contribution in [0.15, 0.2) is 36.6 Å². The molecule has 1 aliphatic carbocycles. The smallest absolute Gasteiger partial charge is 0.260 e. The molecule has 0 saturated heterocycles. The van der Waals surface area contributed by atoms with Crippen LogP contribution in [0.4, 0.5) is 8.78 Å². The second-order valence-corrected chi connectivity index (χ2v) is 5.86. The van der Waals surface area contributed by atoms with E-state index in [2.05, 4.69) is 19.1 Å². The van der Waals surface area contributed by atoms with Gasteiger partial charge in [0.2, 0.25) is 0 Å². The highest BCUT2D eigenvalue weighted by atomic mass is 19.3. The van der Waals surface area contributed by atoms with Crippen LogP contribution in [0.1, 0.15) is 56.9 Å². The van der Waals surface area contributed by atoms with Gasteiger partial charge in [-0.15, -0.1) is 0 Å². The molecule has 0 aliphatic heterocycles. The Balaban J connectivity index is 1.85. The molecule has 0 radical (unpaired) electrons. The van der Waals surface area contributed by atoms with Crippen LogP contribution in [0.5, 0.6) is 5.75 Å². The number of halogens is 2. The summed E-state index contributed by atoms with van der Waals surface area (Å²) in [5.41, 5.74) is 1.34. The zero-order valence-corrected chi connectivity index (χ0v) is 12.6. The molecule has 1 fully saturated rings. The molecule has 0 spiro atoms. The number of alkyl halides is 2. The topological polar surface area (TPSA) is 9.23 Å². The minimum Gasteiger partial charge on any atom is -0.465 e. The average Bonchev–Trinajstić information content (AvgIpc) is 2.49. The fraction of sp³-hybridized carbons (Fsp3) is 0.556. The highest BCUT2D eigenvalue weighted by Gasteiger charge is 2.21. The Morgan fingerprint density at radius 3 is 2.38 bits per heavy atom. The number of allylic oxidation sites excluding steroid dienone is 1. The highest BCUT2D eigenvalue weighted by Crippen LogP contribution is 2.37. The fourth-order valence-electron chi connectivity index (χ4n) is 3.19. The molecule has 0 bridgehead atoms. The summed E-state index contributed by atoms with van der Waals surface area (Å²) < 4.78 is 29.1. The van der Waals surface area contributed by atoms with Crippen LogP contribution in [0, 0.1) is 5.92 Å². The van der Waals surface area contributed by atoms with E-state index in [1.807, 2.05) is 12.1 Å². The summed E-state index contributed by atoms with van der Waals surface area (Å²) in [5.74, 6) is 2.16. The van der Waals surface area contributed by atoms with E-state index in [-0.39, 0.29) is 0 Å². The monoisotopic (exact) mass is 294 g/mol. The molecule has 1 aliphatic rings. The Hall–Kier alpha value is -1.38. The van der Waals surface area contributed by atoms with Crippen molar-refractivity contribution >= 4 is 0 Å². The first-order valence-corrected chi connectivity index (χ1v) is 7.90. The lowest BCUT2D eigenvalue weighted by Crippen LogP contribution is -2.13. The molecule has 1 saturated carbocycles. The van der Waals surface area contributed by atoms with Gasteiger partial charge < -0.3 is 4.74 Å². The second kappa shape index (κ2) is 8.16. The van der Waals surface area contributed by atoms with Crippen LogP contribution in [0.25, 0.3) is 0 Å². The zero-order valence-electron chi connectivity index (χ0n) is 12.6. The van der Waals surface area contributed by atoms with Gasteiger partial charge in [-0.3, -0.25) is 0 Å². The number of benzene rings is 1. The van der Waals surface area contributed by atoms with Crippen molar-refractivity contribution in [1.29, 1.82) is 0 Å². The van der Waals surface area contributed by atoms with Gasteiger partial charge in [0.05, 0.1) is 6.26 Å². The molecule has 3 heteroatoms. The SMILES string of the molecule is CCCC1CCC(c2ccc(O/C=C/C(F)F)cc2)CC1. The van der Waals surface area contributed by atoms with Crippen LogP contribution in [-0.2, 0) is 0 Å². The lowest BCUT2D eigenvalue weighted by atomic mass is 9.77. The molecule has 0 aromatic heterocycles. The van der Waals surface area contributed by atoms with Crippen molar-refractivity contribution in [3.63, 3.8) is 0 Å². The molecule has 1 nitrogen and oxygen atoms in total. The van der Waals surface area contributed by atoms with Crippen molar-refractivity contribution in [3.8, 4) is 5.75 Å². The van der Waals surface area contributed by atoms with Crippen molar-refractivity contribution in [1.82, 2.24) is 0 Å². The molecular formula is C18H24F2O. The van der Waals surface area contributed by atoms with Crippen molar-refractivity contribution in [2.45, 2.75) is 57.8 Å². The minimum atomic E-state index is -2.47. The quantitative estimate of drug-likeness (QED) is 0.592. The maximum atomic E-state index is 12.0. The number of hydrogen-bond acceptors (Lipinski definition) is 1. The van der Waals surface area contributed by atoms with Crippen molar-refractivity contribution in [3.05, 3.63) is 42.2 Å². The first-order chi connectivity index (χ1) is 10.2. The molecule has 0 amide bonds. The standard InChI is InChI=1S/C18H24F2O/c1-2-3-14-4-6-15(7-5-14)16-8-10-17(11-9-16)21-13-12-18(19)20/h8-15,18H,2-7H2,1H3/b13-12+. The van der Waals surface area contributed by atoms with E-state index in [4.69, 9.17) is 4.74 Å². The molecule has 2 rings (SSSR count). The first kappa shape index (κ1) is 16.0. The Bertz CT molecular complexity index is 431. The third kappa shape index (κ3) is 5.14.